The number of aromatic nitrogens is 3. The minimum absolute atomic E-state index is 0.0442. The van der Waals surface area contributed by atoms with Crippen molar-refractivity contribution in [1.29, 1.82) is 0 Å². The molecule has 1 heterocycles. The van der Waals surface area contributed by atoms with Crippen LogP contribution < -0.4 is 10.6 Å². The maximum absolute atomic E-state index is 12.2. The van der Waals surface area contributed by atoms with Crippen molar-refractivity contribution in [2.75, 3.05) is 11.9 Å². The molecule has 0 bridgehead atoms. The fourth-order valence-corrected chi connectivity index (χ4v) is 1.84. The van der Waals surface area contributed by atoms with Crippen molar-refractivity contribution >= 4 is 17.6 Å². The first-order valence-electron chi connectivity index (χ1n) is 6.21. The lowest BCUT2D eigenvalue weighted by Gasteiger charge is -2.19. The molecule has 1 aromatic carbocycles. The summed E-state index contributed by atoms with van der Waals surface area (Å²) in [6, 6.07) is 6.31. The number of hydrogen-bond donors (Lipinski definition) is 2. The molecule has 0 radical (unpaired) electrons. The third-order valence-electron chi connectivity index (χ3n) is 2.96. The number of nitrogens with zero attached hydrogens (tertiary/aromatic N) is 4. The average Bonchev–Trinajstić information content (AvgIpc) is 2.94. The summed E-state index contributed by atoms with van der Waals surface area (Å²) in [5.74, 6) is -1.39. The van der Waals surface area contributed by atoms with E-state index < -0.39 is 5.97 Å². The lowest BCUT2D eigenvalue weighted by molar-refractivity contribution is -0.119. The summed E-state index contributed by atoms with van der Waals surface area (Å²) in [6.07, 6.45) is 1.58. The van der Waals surface area contributed by atoms with E-state index in [1.54, 1.807) is 24.4 Å². The first-order valence-corrected chi connectivity index (χ1v) is 6.21. The number of carbonyl (C=O) groups is 2. The Hall–Kier alpha value is -2.74. The van der Waals surface area contributed by atoms with Gasteiger partial charge in [0.2, 0.25) is 5.91 Å². The number of carbonyl (C=O) groups excluding carboxylic acids is 1. The molecule has 2 aromatic rings. The predicted octanol–water partition coefficient (Wildman–Crippen LogP) is 0.0980. The minimum Gasteiger partial charge on any atom is -0.478 e. The third-order valence-corrected chi connectivity index (χ3v) is 2.96. The molecule has 8 heteroatoms. The van der Waals surface area contributed by atoms with Crippen molar-refractivity contribution < 1.29 is 14.7 Å². The largest absolute Gasteiger partial charge is 0.478 e. The van der Waals surface area contributed by atoms with E-state index in [2.05, 4.69) is 10.3 Å². The number of anilines is 1. The molecular formula is C13H15N5O3. The summed E-state index contributed by atoms with van der Waals surface area (Å²) < 4.78 is 1.37. The number of carboxylic acid groups (broad SMARTS) is 1. The molecule has 0 fully saturated rings. The van der Waals surface area contributed by atoms with Crippen LogP contribution >= 0.6 is 0 Å². The second kappa shape index (κ2) is 6.14. The first kappa shape index (κ1) is 14.7. The van der Waals surface area contributed by atoms with E-state index >= 15 is 0 Å². The zero-order valence-corrected chi connectivity index (χ0v) is 11.4. The number of benzene rings is 1. The van der Waals surface area contributed by atoms with Crippen LogP contribution in [0.3, 0.4) is 0 Å². The van der Waals surface area contributed by atoms with Crippen LogP contribution in [0.5, 0.6) is 0 Å². The normalized spacial score (nSPS) is 10.4. The van der Waals surface area contributed by atoms with Crippen LogP contribution in [0, 0.1) is 0 Å². The zero-order chi connectivity index (χ0) is 15.4. The van der Waals surface area contributed by atoms with Crippen molar-refractivity contribution in [2.24, 2.45) is 5.73 Å². The van der Waals surface area contributed by atoms with Crippen LogP contribution in [0.1, 0.15) is 16.1 Å². The van der Waals surface area contributed by atoms with Crippen LogP contribution in [0.15, 0.2) is 30.5 Å². The number of hydrogen-bond acceptors (Lipinski definition) is 5. The summed E-state index contributed by atoms with van der Waals surface area (Å²) >= 11 is 0. The Labute approximate surface area is 120 Å². The fourth-order valence-electron chi connectivity index (χ4n) is 1.84. The van der Waals surface area contributed by atoms with Crippen LogP contribution in [0.2, 0.25) is 0 Å². The molecule has 0 unspecified atom stereocenters. The van der Waals surface area contributed by atoms with Gasteiger partial charge in [0, 0.05) is 13.6 Å². The maximum Gasteiger partial charge on any atom is 0.337 e. The lowest BCUT2D eigenvalue weighted by Crippen LogP contribution is -2.31. The predicted molar refractivity (Wildman–Crippen MR) is 74.7 cm³/mol. The molecule has 21 heavy (non-hydrogen) atoms. The van der Waals surface area contributed by atoms with E-state index in [4.69, 9.17) is 10.8 Å². The molecule has 0 aliphatic heterocycles. The number of amides is 1. The van der Waals surface area contributed by atoms with Gasteiger partial charge >= 0.3 is 5.97 Å². The number of carboxylic acids is 1. The Bertz CT molecular complexity index is 667. The number of rotatable bonds is 5. The maximum atomic E-state index is 12.2. The highest BCUT2D eigenvalue weighted by molar-refractivity contribution is 6.01. The number of likely N-dealkylation sites (N-methyl/N-ethyl adjacent to an activating group) is 1. The van der Waals surface area contributed by atoms with E-state index in [1.165, 1.54) is 22.7 Å². The molecule has 0 saturated heterocycles. The van der Waals surface area contributed by atoms with Crippen LogP contribution in [-0.2, 0) is 17.9 Å². The molecule has 110 valence electrons. The summed E-state index contributed by atoms with van der Waals surface area (Å²) in [5, 5.41) is 16.7. The molecule has 2 rings (SSSR count). The van der Waals surface area contributed by atoms with E-state index in [1.807, 2.05) is 0 Å². The topological polar surface area (TPSA) is 114 Å². The van der Waals surface area contributed by atoms with Crippen molar-refractivity contribution in [1.82, 2.24) is 15.0 Å². The van der Waals surface area contributed by atoms with Gasteiger partial charge in [-0.2, -0.15) is 0 Å². The van der Waals surface area contributed by atoms with Gasteiger partial charge in [0.05, 0.1) is 23.1 Å². The monoisotopic (exact) mass is 289 g/mol. The van der Waals surface area contributed by atoms with Gasteiger partial charge in [-0.1, -0.05) is 17.3 Å². The highest BCUT2D eigenvalue weighted by Gasteiger charge is 2.18. The first-order chi connectivity index (χ1) is 10.0. The number of nitrogens with two attached hydrogens (primary N) is 1. The second-order valence-electron chi connectivity index (χ2n) is 4.39. The molecule has 0 spiro atoms. The Morgan fingerprint density at radius 1 is 1.38 bits per heavy atom. The van der Waals surface area contributed by atoms with Gasteiger partial charge in [0.15, 0.2) is 0 Å². The van der Waals surface area contributed by atoms with Gasteiger partial charge in [0.25, 0.3) is 0 Å². The second-order valence-corrected chi connectivity index (χ2v) is 4.39. The summed E-state index contributed by atoms with van der Waals surface area (Å²) in [7, 11) is 1.52. The van der Waals surface area contributed by atoms with Gasteiger partial charge < -0.3 is 15.7 Å². The van der Waals surface area contributed by atoms with E-state index in [-0.39, 0.29) is 24.6 Å². The third kappa shape index (κ3) is 3.23. The molecule has 0 aliphatic rings. The highest BCUT2D eigenvalue weighted by Crippen LogP contribution is 2.19. The molecule has 8 nitrogen and oxygen atoms in total. The molecule has 0 saturated carbocycles. The van der Waals surface area contributed by atoms with E-state index in [0.717, 1.165) is 0 Å². The lowest BCUT2D eigenvalue weighted by atomic mass is 10.1. The molecule has 1 aromatic heterocycles. The number of para-hydroxylation sites is 1. The van der Waals surface area contributed by atoms with Crippen molar-refractivity contribution in [3.8, 4) is 0 Å². The SMILES string of the molecule is CN(C(=O)Cn1cc(CN)nn1)c1ccccc1C(=O)O. The van der Waals surface area contributed by atoms with Crippen LogP contribution in [0.25, 0.3) is 0 Å². The van der Waals surface area contributed by atoms with Crippen molar-refractivity contribution in [3.63, 3.8) is 0 Å². The Morgan fingerprint density at radius 2 is 2.10 bits per heavy atom. The quantitative estimate of drug-likeness (QED) is 0.806. The zero-order valence-electron chi connectivity index (χ0n) is 11.4. The van der Waals surface area contributed by atoms with Crippen molar-refractivity contribution in [3.05, 3.63) is 41.7 Å². The Kier molecular flexibility index (Phi) is 4.29. The highest BCUT2D eigenvalue weighted by atomic mass is 16.4. The smallest absolute Gasteiger partial charge is 0.337 e. The van der Waals surface area contributed by atoms with Gasteiger partial charge in [-0.05, 0) is 12.1 Å². The molecule has 0 aliphatic carbocycles. The Morgan fingerprint density at radius 3 is 2.71 bits per heavy atom. The van der Waals surface area contributed by atoms with E-state index in [9.17, 15) is 9.59 Å². The van der Waals surface area contributed by atoms with Gasteiger partial charge in [-0.15, -0.1) is 5.10 Å². The van der Waals surface area contributed by atoms with Crippen LogP contribution in [0.4, 0.5) is 5.69 Å². The van der Waals surface area contributed by atoms with Gasteiger partial charge in [-0.25, -0.2) is 9.48 Å². The fraction of sp³-hybridized carbons (Fsp3) is 0.231. The molecule has 0 atom stereocenters. The summed E-state index contributed by atoms with van der Waals surface area (Å²) in [5.41, 5.74) is 6.39. The molecule has 1 amide bonds. The van der Waals surface area contributed by atoms with Gasteiger partial charge in [0.1, 0.15) is 6.54 Å². The average molecular weight is 289 g/mol. The minimum atomic E-state index is -1.09. The molecule has 3 N–H and O–H groups in total. The van der Waals surface area contributed by atoms with Gasteiger partial charge in [-0.3, -0.25) is 4.79 Å². The summed E-state index contributed by atoms with van der Waals surface area (Å²) in [6.45, 7) is 0.198. The van der Waals surface area contributed by atoms with E-state index in [0.29, 0.717) is 11.4 Å². The molecular weight excluding hydrogens is 274 g/mol. The van der Waals surface area contributed by atoms with Crippen molar-refractivity contribution in [2.45, 2.75) is 13.1 Å². The summed E-state index contributed by atoms with van der Waals surface area (Å²) in [4.78, 5) is 24.7. The standard InChI is InChI=1S/C13H15N5O3/c1-17(11-5-3-2-4-10(11)13(20)21)12(19)8-18-7-9(6-14)15-16-18/h2-5,7H,6,8,14H2,1H3,(H,20,21). The number of aromatic carboxylic acids is 1. The van der Waals surface area contributed by atoms with Crippen LogP contribution in [-0.4, -0.2) is 39.0 Å². The Balaban J connectivity index is 2.17.